The van der Waals surface area contributed by atoms with Gasteiger partial charge >= 0.3 is 5.97 Å². The molecule has 0 saturated carbocycles. The van der Waals surface area contributed by atoms with E-state index in [-0.39, 0.29) is 10.7 Å². The van der Waals surface area contributed by atoms with Crippen LogP contribution < -0.4 is 0 Å². The monoisotopic (exact) mass is 210 g/mol. The maximum atomic E-state index is 13.3. The second kappa shape index (κ2) is 3.06. The Morgan fingerprint density at radius 1 is 1.50 bits per heavy atom. The number of fused-ring (bicyclic) bond motifs is 1. The SMILES string of the molecule is Cc1ccc(F)c2cc(C(=O)O)sc12. The largest absolute Gasteiger partial charge is 0.477 e. The first-order valence-electron chi connectivity index (χ1n) is 4.01. The van der Waals surface area contributed by atoms with Crippen molar-refractivity contribution in [3.8, 4) is 0 Å². The van der Waals surface area contributed by atoms with Gasteiger partial charge in [-0.3, -0.25) is 0 Å². The van der Waals surface area contributed by atoms with Gasteiger partial charge in [0, 0.05) is 10.1 Å². The summed E-state index contributed by atoms with van der Waals surface area (Å²) in [6, 6.07) is 4.39. The summed E-state index contributed by atoms with van der Waals surface area (Å²) >= 11 is 1.11. The first-order valence-corrected chi connectivity index (χ1v) is 4.83. The van der Waals surface area contributed by atoms with E-state index >= 15 is 0 Å². The quantitative estimate of drug-likeness (QED) is 0.785. The van der Waals surface area contributed by atoms with Gasteiger partial charge in [-0.05, 0) is 24.6 Å². The van der Waals surface area contributed by atoms with Crippen molar-refractivity contribution in [1.82, 2.24) is 0 Å². The van der Waals surface area contributed by atoms with Gasteiger partial charge in [0.2, 0.25) is 0 Å². The van der Waals surface area contributed by atoms with E-state index < -0.39 is 5.97 Å². The Bertz CT molecular complexity index is 477. The number of rotatable bonds is 1. The van der Waals surface area contributed by atoms with Crippen LogP contribution in [0.1, 0.15) is 15.2 Å². The third-order valence-electron chi connectivity index (χ3n) is 2.04. The molecule has 2 nitrogen and oxygen atoms in total. The van der Waals surface area contributed by atoms with Crippen LogP contribution in [0.4, 0.5) is 4.39 Å². The minimum Gasteiger partial charge on any atom is -0.477 e. The normalized spacial score (nSPS) is 10.7. The Hall–Kier alpha value is -1.42. The van der Waals surface area contributed by atoms with Crippen molar-refractivity contribution in [1.29, 1.82) is 0 Å². The van der Waals surface area contributed by atoms with E-state index in [1.807, 2.05) is 6.92 Å². The van der Waals surface area contributed by atoms with Gasteiger partial charge in [-0.1, -0.05) is 6.07 Å². The Morgan fingerprint density at radius 2 is 2.21 bits per heavy atom. The average Bonchev–Trinajstić information content (AvgIpc) is 2.57. The van der Waals surface area contributed by atoms with Crippen LogP contribution in [-0.2, 0) is 0 Å². The molecule has 1 aromatic heterocycles. The zero-order valence-electron chi connectivity index (χ0n) is 7.37. The van der Waals surface area contributed by atoms with Crippen LogP contribution in [0.25, 0.3) is 10.1 Å². The zero-order chi connectivity index (χ0) is 10.3. The van der Waals surface area contributed by atoms with Crippen molar-refractivity contribution in [3.63, 3.8) is 0 Å². The van der Waals surface area contributed by atoms with E-state index in [4.69, 9.17) is 5.11 Å². The van der Waals surface area contributed by atoms with Crippen LogP contribution in [0, 0.1) is 12.7 Å². The summed E-state index contributed by atoms with van der Waals surface area (Å²) in [6.07, 6.45) is 0. The van der Waals surface area contributed by atoms with Gasteiger partial charge in [0.05, 0.1) is 0 Å². The molecule has 72 valence electrons. The maximum Gasteiger partial charge on any atom is 0.345 e. The van der Waals surface area contributed by atoms with Crippen LogP contribution in [-0.4, -0.2) is 11.1 Å². The van der Waals surface area contributed by atoms with Crippen molar-refractivity contribution in [2.24, 2.45) is 0 Å². The molecular weight excluding hydrogens is 203 g/mol. The average molecular weight is 210 g/mol. The van der Waals surface area contributed by atoms with E-state index in [1.165, 1.54) is 12.1 Å². The summed E-state index contributed by atoms with van der Waals surface area (Å²) in [6.45, 7) is 1.84. The molecule has 1 heterocycles. The second-order valence-corrected chi connectivity index (χ2v) is 4.08. The molecular formula is C10H7FO2S. The summed E-state index contributed by atoms with van der Waals surface area (Å²) in [5.41, 5.74) is 0.902. The lowest BCUT2D eigenvalue weighted by Gasteiger charge is -1.94. The second-order valence-electron chi connectivity index (χ2n) is 3.02. The van der Waals surface area contributed by atoms with Crippen molar-refractivity contribution < 1.29 is 14.3 Å². The minimum absolute atomic E-state index is 0.174. The first-order chi connectivity index (χ1) is 6.59. The van der Waals surface area contributed by atoms with Crippen LogP contribution in [0.2, 0.25) is 0 Å². The van der Waals surface area contributed by atoms with Gasteiger partial charge in [-0.2, -0.15) is 0 Å². The topological polar surface area (TPSA) is 37.3 Å². The number of hydrogen-bond donors (Lipinski definition) is 1. The lowest BCUT2D eigenvalue weighted by atomic mass is 10.2. The van der Waals surface area contributed by atoms with E-state index in [0.29, 0.717) is 10.1 Å². The lowest BCUT2D eigenvalue weighted by molar-refractivity contribution is 0.0702. The molecule has 0 bridgehead atoms. The van der Waals surface area contributed by atoms with Gasteiger partial charge in [-0.15, -0.1) is 11.3 Å². The molecule has 1 N–H and O–H groups in total. The lowest BCUT2D eigenvalue weighted by Crippen LogP contribution is -1.89. The Morgan fingerprint density at radius 3 is 2.79 bits per heavy atom. The number of thiophene rings is 1. The number of carboxylic acid groups (broad SMARTS) is 1. The molecule has 0 aliphatic heterocycles. The Labute approximate surface area is 83.6 Å². The highest BCUT2D eigenvalue weighted by Crippen LogP contribution is 2.30. The highest BCUT2D eigenvalue weighted by Gasteiger charge is 2.12. The molecule has 2 rings (SSSR count). The highest BCUT2D eigenvalue weighted by atomic mass is 32.1. The number of hydrogen-bond acceptors (Lipinski definition) is 2. The maximum absolute atomic E-state index is 13.3. The molecule has 0 spiro atoms. The van der Waals surface area contributed by atoms with E-state index in [2.05, 4.69) is 0 Å². The van der Waals surface area contributed by atoms with Crippen molar-refractivity contribution in [2.45, 2.75) is 6.92 Å². The fraction of sp³-hybridized carbons (Fsp3) is 0.100. The van der Waals surface area contributed by atoms with Gasteiger partial charge in [0.25, 0.3) is 0 Å². The van der Waals surface area contributed by atoms with E-state index in [9.17, 15) is 9.18 Å². The number of carbonyl (C=O) groups is 1. The third-order valence-corrected chi connectivity index (χ3v) is 3.30. The van der Waals surface area contributed by atoms with E-state index in [0.717, 1.165) is 16.9 Å². The van der Waals surface area contributed by atoms with Gasteiger partial charge in [-0.25, -0.2) is 9.18 Å². The van der Waals surface area contributed by atoms with Crippen LogP contribution in [0.3, 0.4) is 0 Å². The first kappa shape index (κ1) is 9.15. The number of aryl methyl sites for hydroxylation is 1. The molecule has 0 unspecified atom stereocenters. The van der Waals surface area contributed by atoms with Crippen molar-refractivity contribution >= 4 is 27.4 Å². The van der Waals surface area contributed by atoms with Crippen LogP contribution in [0.15, 0.2) is 18.2 Å². The molecule has 0 radical (unpaired) electrons. The molecule has 1 aromatic carbocycles. The molecule has 14 heavy (non-hydrogen) atoms. The van der Waals surface area contributed by atoms with Gasteiger partial charge in [0.1, 0.15) is 10.7 Å². The molecule has 0 aliphatic rings. The summed E-state index contributed by atoms with van der Waals surface area (Å²) < 4.78 is 14.0. The molecule has 0 fully saturated rings. The molecule has 0 saturated heterocycles. The van der Waals surface area contributed by atoms with Crippen LogP contribution in [0.5, 0.6) is 0 Å². The number of aromatic carboxylic acids is 1. The summed E-state index contributed by atoms with van der Waals surface area (Å²) in [5.74, 6) is -1.38. The summed E-state index contributed by atoms with van der Waals surface area (Å²) in [5, 5.41) is 9.15. The number of benzene rings is 1. The van der Waals surface area contributed by atoms with Gasteiger partial charge in [0.15, 0.2) is 0 Å². The van der Waals surface area contributed by atoms with Gasteiger partial charge < -0.3 is 5.11 Å². The zero-order valence-corrected chi connectivity index (χ0v) is 8.19. The minimum atomic E-state index is -1.01. The fourth-order valence-electron chi connectivity index (χ4n) is 1.33. The Kier molecular flexibility index (Phi) is 2.00. The predicted octanol–water partition coefficient (Wildman–Crippen LogP) is 3.05. The smallest absolute Gasteiger partial charge is 0.345 e. The third kappa shape index (κ3) is 1.28. The summed E-state index contributed by atoms with van der Waals surface area (Å²) in [4.78, 5) is 10.9. The summed E-state index contributed by atoms with van der Waals surface area (Å²) in [7, 11) is 0. The molecule has 0 aliphatic carbocycles. The molecule has 4 heteroatoms. The number of halogens is 1. The Balaban J connectivity index is 2.82. The van der Waals surface area contributed by atoms with Crippen molar-refractivity contribution in [3.05, 3.63) is 34.5 Å². The standard InChI is InChI=1S/C10H7FO2S/c1-5-2-3-7(11)6-4-8(10(12)13)14-9(5)6/h2-4H,1H3,(H,12,13). The van der Waals surface area contributed by atoms with Crippen molar-refractivity contribution in [2.75, 3.05) is 0 Å². The highest BCUT2D eigenvalue weighted by molar-refractivity contribution is 7.20. The van der Waals surface area contributed by atoms with Crippen LogP contribution >= 0.6 is 11.3 Å². The molecule has 0 amide bonds. The van der Waals surface area contributed by atoms with E-state index in [1.54, 1.807) is 6.07 Å². The fourth-order valence-corrected chi connectivity index (χ4v) is 2.31. The number of carboxylic acids is 1. The predicted molar refractivity (Wildman–Crippen MR) is 53.5 cm³/mol. The molecule has 0 atom stereocenters. The molecule has 2 aromatic rings.